The van der Waals surface area contributed by atoms with Gasteiger partial charge in [-0.15, -0.1) is 0 Å². The zero-order valence-electron chi connectivity index (χ0n) is 16.6. The van der Waals surface area contributed by atoms with Gasteiger partial charge in [-0.25, -0.2) is 4.79 Å². The first kappa shape index (κ1) is 20.8. The van der Waals surface area contributed by atoms with E-state index in [2.05, 4.69) is 0 Å². The predicted molar refractivity (Wildman–Crippen MR) is 122 cm³/mol. The topological polar surface area (TPSA) is 80.7 Å². The summed E-state index contributed by atoms with van der Waals surface area (Å²) in [4.78, 5) is 11.1. The van der Waals surface area contributed by atoms with Crippen LogP contribution >= 0.6 is 0 Å². The van der Waals surface area contributed by atoms with Crippen molar-refractivity contribution in [3.8, 4) is 0 Å². The molecule has 5 nitrogen and oxygen atoms in total. The van der Waals surface area contributed by atoms with Crippen molar-refractivity contribution in [2.45, 2.75) is 12.8 Å². The Morgan fingerprint density at radius 3 is 2.26 bits per heavy atom. The van der Waals surface area contributed by atoms with Crippen LogP contribution in [0.4, 0.5) is 11.4 Å². The number of rotatable bonds is 7. The first-order chi connectivity index (χ1) is 15.0. The molecule has 0 spiro atoms. The lowest BCUT2D eigenvalue weighted by Crippen LogP contribution is -2.19. The lowest BCUT2D eigenvalue weighted by molar-refractivity contribution is 0.0696. The van der Waals surface area contributed by atoms with E-state index >= 15 is 0 Å². The first-order valence-electron chi connectivity index (χ1n) is 9.81. The minimum Gasteiger partial charge on any atom is -0.755 e. The molecule has 0 heterocycles. The van der Waals surface area contributed by atoms with Crippen LogP contribution in [0.2, 0.25) is 0 Å². The van der Waals surface area contributed by atoms with Gasteiger partial charge < -0.3 is 9.66 Å². The van der Waals surface area contributed by atoms with Crippen LogP contribution in [0, 0.1) is 0 Å². The van der Waals surface area contributed by atoms with Gasteiger partial charge in [0.1, 0.15) is 0 Å². The van der Waals surface area contributed by atoms with Crippen LogP contribution in [0.25, 0.3) is 10.8 Å². The Bertz CT molecular complexity index is 1250. The number of aryl methyl sites for hydroxylation is 2. The molecule has 1 atom stereocenters. The Hall–Kier alpha value is -3.48. The van der Waals surface area contributed by atoms with Crippen LogP contribution in [0.3, 0.4) is 0 Å². The van der Waals surface area contributed by atoms with Crippen molar-refractivity contribution < 1.29 is 18.7 Å². The van der Waals surface area contributed by atoms with Gasteiger partial charge in [0.15, 0.2) is 0 Å². The van der Waals surface area contributed by atoms with Gasteiger partial charge in [-0.3, -0.25) is 8.51 Å². The number of benzene rings is 4. The minimum atomic E-state index is -2.48. The summed E-state index contributed by atoms with van der Waals surface area (Å²) in [5.41, 5.74) is 3.42. The van der Waals surface area contributed by atoms with Crippen molar-refractivity contribution >= 4 is 39.4 Å². The summed E-state index contributed by atoms with van der Waals surface area (Å²) in [7, 11) is 0. The van der Waals surface area contributed by atoms with Crippen molar-refractivity contribution in [2.75, 3.05) is 4.31 Å². The number of carbonyl (C=O) groups is 1. The number of fused-ring (bicyclic) bond motifs is 1. The van der Waals surface area contributed by atoms with Gasteiger partial charge in [-0.1, -0.05) is 60.7 Å². The molecular formula is C25H20NO4S-. The summed E-state index contributed by atoms with van der Waals surface area (Å²) >= 11 is -2.48. The normalized spacial score (nSPS) is 11.9. The monoisotopic (exact) mass is 430 g/mol. The SMILES string of the molecule is O=C(O)c1cccc(CCc2ccc(N(c3cccc4ccccc34)S(=O)[O-])cc2)c1. The van der Waals surface area contributed by atoms with E-state index < -0.39 is 17.2 Å². The number of aromatic carboxylic acids is 1. The Kier molecular flexibility index (Phi) is 6.11. The van der Waals surface area contributed by atoms with Crippen molar-refractivity contribution in [3.05, 3.63) is 108 Å². The van der Waals surface area contributed by atoms with Crippen LogP contribution < -0.4 is 4.31 Å². The second-order valence-electron chi connectivity index (χ2n) is 7.18. The van der Waals surface area contributed by atoms with Crippen LogP contribution in [-0.2, 0) is 24.1 Å². The zero-order valence-corrected chi connectivity index (χ0v) is 17.4. The fourth-order valence-corrected chi connectivity index (χ4v) is 4.25. The van der Waals surface area contributed by atoms with E-state index in [1.54, 1.807) is 36.4 Å². The Balaban J connectivity index is 1.56. The molecule has 1 N–H and O–H groups in total. The molecule has 6 heteroatoms. The van der Waals surface area contributed by atoms with Crippen LogP contribution in [0.5, 0.6) is 0 Å². The second kappa shape index (κ2) is 9.12. The molecule has 0 radical (unpaired) electrons. The molecule has 0 aliphatic carbocycles. The van der Waals surface area contributed by atoms with Gasteiger partial charge in [-0.05, 0) is 59.7 Å². The molecule has 1 unspecified atom stereocenters. The molecule has 156 valence electrons. The number of carboxylic acid groups (broad SMARTS) is 1. The third kappa shape index (κ3) is 4.66. The van der Waals surface area contributed by atoms with Crippen molar-refractivity contribution in [2.24, 2.45) is 0 Å². The second-order valence-corrected chi connectivity index (χ2v) is 7.98. The van der Waals surface area contributed by atoms with Gasteiger partial charge >= 0.3 is 5.97 Å². The van der Waals surface area contributed by atoms with E-state index in [1.165, 1.54) is 4.31 Å². The number of hydrogen-bond donors (Lipinski definition) is 1. The number of anilines is 2. The largest absolute Gasteiger partial charge is 0.755 e. The summed E-state index contributed by atoms with van der Waals surface area (Å²) in [6.45, 7) is 0. The Labute approximate surface area is 183 Å². The predicted octanol–water partition coefficient (Wildman–Crippen LogP) is 5.26. The summed E-state index contributed by atoms with van der Waals surface area (Å²) in [6.07, 6.45) is 1.42. The summed E-state index contributed by atoms with van der Waals surface area (Å²) in [5.74, 6) is -0.939. The smallest absolute Gasteiger partial charge is 0.335 e. The average molecular weight is 431 g/mol. The van der Waals surface area contributed by atoms with E-state index in [1.807, 2.05) is 54.6 Å². The van der Waals surface area contributed by atoms with Crippen LogP contribution in [-0.4, -0.2) is 19.8 Å². The highest BCUT2D eigenvalue weighted by Crippen LogP contribution is 2.33. The van der Waals surface area contributed by atoms with E-state index in [0.29, 0.717) is 17.8 Å². The Morgan fingerprint density at radius 2 is 1.52 bits per heavy atom. The van der Waals surface area contributed by atoms with Gasteiger partial charge in [0.25, 0.3) is 0 Å². The molecule has 0 aromatic heterocycles. The molecule has 0 bridgehead atoms. The van der Waals surface area contributed by atoms with E-state index in [0.717, 1.165) is 28.3 Å². The third-order valence-corrected chi connectivity index (χ3v) is 5.89. The highest BCUT2D eigenvalue weighted by Gasteiger charge is 2.13. The molecular weight excluding hydrogens is 410 g/mol. The number of carboxylic acids is 1. The highest BCUT2D eigenvalue weighted by molar-refractivity contribution is 7.81. The molecule has 0 aliphatic rings. The van der Waals surface area contributed by atoms with Gasteiger partial charge in [0, 0.05) is 5.39 Å². The maximum atomic E-state index is 12.1. The summed E-state index contributed by atoms with van der Waals surface area (Å²) in [5, 5.41) is 11.0. The molecule has 4 rings (SSSR count). The van der Waals surface area contributed by atoms with Gasteiger partial charge in [0.2, 0.25) is 0 Å². The maximum Gasteiger partial charge on any atom is 0.335 e. The van der Waals surface area contributed by atoms with Crippen molar-refractivity contribution in [3.63, 3.8) is 0 Å². The molecule has 0 saturated heterocycles. The number of hydrogen-bond acceptors (Lipinski definition) is 3. The summed E-state index contributed by atoms with van der Waals surface area (Å²) < 4.78 is 25.5. The molecule has 0 amide bonds. The van der Waals surface area contributed by atoms with Crippen molar-refractivity contribution in [1.82, 2.24) is 0 Å². The van der Waals surface area contributed by atoms with Crippen LogP contribution in [0.1, 0.15) is 21.5 Å². The minimum absolute atomic E-state index is 0.275. The summed E-state index contributed by atoms with van der Waals surface area (Å²) in [6, 6.07) is 27.6. The van der Waals surface area contributed by atoms with Crippen LogP contribution in [0.15, 0.2) is 91.0 Å². The van der Waals surface area contributed by atoms with E-state index in [4.69, 9.17) is 5.11 Å². The van der Waals surface area contributed by atoms with Crippen molar-refractivity contribution in [1.29, 1.82) is 0 Å². The molecule has 0 aliphatic heterocycles. The maximum absolute atomic E-state index is 12.1. The molecule has 31 heavy (non-hydrogen) atoms. The number of nitrogens with zero attached hydrogens (tertiary/aromatic N) is 1. The van der Waals surface area contributed by atoms with E-state index in [9.17, 15) is 13.6 Å². The van der Waals surface area contributed by atoms with Gasteiger partial charge in [0.05, 0.1) is 28.2 Å². The van der Waals surface area contributed by atoms with Gasteiger partial charge in [-0.2, -0.15) is 0 Å². The first-order valence-corrected chi connectivity index (χ1v) is 10.8. The molecule has 0 fully saturated rings. The zero-order chi connectivity index (χ0) is 21.8. The fourth-order valence-electron chi connectivity index (χ4n) is 3.64. The quantitative estimate of drug-likeness (QED) is 0.406. The molecule has 4 aromatic carbocycles. The fraction of sp³-hybridized carbons (Fsp3) is 0.0800. The lowest BCUT2D eigenvalue weighted by atomic mass is 10.0. The average Bonchev–Trinajstić information content (AvgIpc) is 2.79. The molecule has 0 saturated carbocycles. The Morgan fingerprint density at radius 1 is 0.839 bits per heavy atom. The third-order valence-electron chi connectivity index (χ3n) is 5.18. The standard InChI is InChI=1S/C25H21NO4S/c27-25(28)21-8-3-5-19(17-21)12-11-18-13-15-22(16-14-18)26(31(29)30)24-10-4-7-20-6-1-2-9-23(20)24/h1-10,13-17H,11-12H2,(H,27,28)(H,29,30)/p-1. The van der Waals surface area contributed by atoms with E-state index in [-0.39, 0.29) is 5.56 Å². The lowest BCUT2D eigenvalue weighted by Gasteiger charge is -2.28. The highest BCUT2D eigenvalue weighted by atomic mass is 32.2. The molecule has 4 aromatic rings.